The maximum atomic E-state index is 6.13. The highest BCUT2D eigenvalue weighted by molar-refractivity contribution is 6.06. The molecular weight excluding hydrogens is 330 g/mol. The number of para-hydroxylation sites is 1. The first-order valence-corrected chi connectivity index (χ1v) is 10.5. The summed E-state index contributed by atoms with van der Waals surface area (Å²) in [5.41, 5.74) is 5.30. The van der Waals surface area contributed by atoms with Crippen molar-refractivity contribution in [1.29, 1.82) is 0 Å². The van der Waals surface area contributed by atoms with Crippen LogP contribution in [-0.2, 0) is 0 Å². The lowest BCUT2D eigenvalue weighted by Crippen LogP contribution is -2.72. The minimum Gasteiger partial charge on any atom is -0.456 e. The monoisotopic (exact) mass is 361 g/mol. The van der Waals surface area contributed by atoms with Crippen molar-refractivity contribution in [2.45, 2.75) is 66.0 Å². The lowest BCUT2D eigenvalue weighted by atomic mass is 9.50. The van der Waals surface area contributed by atoms with Crippen LogP contribution in [0.2, 0.25) is 0 Å². The normalized spacial score (nSPS) is 36.1. The maximum Gasteiger partial charge on any atom is 0.135 e. The van der Waals surface area contributed by atoms with Crippen LogP contribution in [0.3, 0.4) is 0 Å². The van der Waals surface area contributed by atoms with E-state index in [1.165, 1.54) is 34.9 Å². The molecule has 2 aliphatic heterocycles. The Hall–Kier alpha value is -1.96. The minimum atomic E-state index is 0.217. The van der Waals surface area contributed by atoms with Crippen LogP contribution < -0.4 is 4.90 Å². The average Bonchev–Trinajstić information content (AvgIpc) is 3.00. The highest BCUT2D eigenvalue weighted by Gasteiger charge is 2.60. The second-order valence-electron chi connectivity index (χ2n) is 9.72. The van der Waals surface area contributed by atoms with Crippen LogP contribution in [0.25, 0.3) is 21.9 Å². The van der Waals surface area contributed by atoms with Crippen LogP contribution in [-0.4, -0.2) is 11.6 Å². The molecule has 2 nitrogen and oxygen atoms in total. The fourth-order valence-electron chi connectivity index (χ4n) is 6.36. The molecule has 3 heterocycles. The first-order chi connectivity index (χ1) is 12.8. The minimum absolute atomic E-state index is 0.217. The van der Waals surface area contributed by atoms with Crippen molar-refractivity contribution in [2.24, 2.45) is 17.3 Å². The zero-order valence-corrected chi connectivity index (χ0v) is 17.5. The van der Waals surface area contributed by atoms with Gasteiger partial charge in [-0.15, -0.1) is 0 Å². The van der Waals surface area contributed by atoms with Crippen LogP contribution in [0.15, 0.2) is 40.8 Å². The third-order valence-electron chi connectivity index (χ3n) is 8.79. The lowest BCUT2D eigenvalue weighted by molar-refractivity contribution is -0.0524. The number of furan rings is 1. The van der Waals surface area contributed by atoms with E-state index in [9.17, 15) is 0 Å². The molecule has 2 saturated heterocycles. The Morgan fingerprint density at radius 3 is 2.44 bits per heavy atom. The summed E-state index contributed by atoms with van der Waals surface area (Å²) in [7, 11) is 0. The highest BCUT2D eigenvalue weighted by atomic mass is 16.3. The molecule has 1 aromatic heterocycles. The van der Waals surface area contributed by atoms with Gasteiger partial charge in [0.25, 0.3) is 0 Å². The van der Waals surface area contributed by atoms with E-state index in [0.29, 0.717) is 17.4 Å². The van der Waals surface area contributed by atoms with E-state index >= 15 is 0 Å². The Labute approximate surface area is 162 Å². The molecular formula is C25H31NO. The Balaban J connectivity index is 1.75. The van der Waals surface area contributed by atoms with Crippen LogP contribution in [0.4, 0.5) is 5.69 Å². The molecule has 0 spiro atoms. The van der Waals surface area contributed by atoms with Gasteiger partial charge in [0.05, 0.1) is 0 Å². The van der Waals surface area contributed by atoms with Crippen molar-refractivity contribution in [1.82, 2.24) is 0 Å². The number of piperidine rings is 2. The topological polar surface area (TPSA) is 16.4 Å². The van der Waals surface area contributed by atoms with Crippen LogP contribution in [0, 0.1) is 24.2 Å². The van der Waals surface area contributed by atoms with Crippen molar-refractivity contribution in [3.63, 3.8) is 0 Å². The van der Waals surface area contributed by atoms with Crippen molar-refractivity contribution < 1.29 is 4.42 Å². The number of fused-ring (bicyclic) bond motifs is 6. The van der Waals surface area contributed by atoms with Gasteiger partial charge < -0.3 is 9.32 Å². The molecule has 27 heavy (non-hydrogen) atoms. The summed E-state index contributed by atoms with van der Waals surface area (Å²) in [6.07, 6.45) is 2.62. The molecule has 0 radical (unpaired) electrons. The van der Waals surface area contributed by atoms with Crippen LogP contribution in [0.5, 0.6) is 0 Å². The molecule has 3 aromatic rings. The number of hydrogen-bond acceptors (Lipinski definition) is 2. The molecule has 0 N–H and O–H groups in total. The number of hydrogen-bond donors (Lipinski definition) is 0. The van der Waals surface area contributed by atoms with Gasteiger partial charge in [0, 0.05) is 28.0 Å². The Morgan fingerprint density at radius 1 is 0.926 bits per heavy atom. The molecule has 6 rings (SSSR count). The Bertz CT molecular complexity index is 1050. The molecule has 3 aliphatic rings. The summed E-state index contributed by atoms with van der Waals surface area (Å²) >= 11 is 0. The predicted octanol–water partition coefficient (Wildman–Crippen LogP) is 6.93. The zero-order valence-electron chi connectivity index (χ0n) is 17.5. The number of rotatable bonds is 1. The SMILES string of the molecule is Cc1cc2oc3ccccc3c2cc1N1C(C)C2(C)CCC1(C)C(C)C2C. The molecule has 3 fully saturated rings. The molecule has 1 aliphatic carbocycles. The molecule has 2 aromatic carbocycles. The van der Waals surface area contributed by atoms with E-state index in [4.69, 9.17) is 4.42 Å². The van der Waals surface area contributed by atoms with Gasteiger partial charge in [-0.2, -0.15) is 0 Å². The van der Waals surface area contributed by atoms with E-state index in [1.54, 1.807) is 0 Å². The van der Waals surface area contributed by atoms with E-state index in [0.717, 1.165) is 17.1 Å². The number of benzene rings is 2. The van der Waals surface area contributed by atoms with Crippen LogP contribution in [0.1, 0.15) is 53.0 Å². The van der Waals surface area contributed by atoms with Gasteiger partial charge in [0.2, 0.25) is 0 Å². The third-order valence-corrected chi connectivity index (χ3v) is 8.79. The average molecular weight is 362 g/mol. The van der Waals surface area contributed by atoms with E-state index in [-0.39, 0.29) is 5.54 Å². The number of nitrogens with zero attached hydrogens (tertiary/aromatic N) is 1. The van der Waals surface area contributed by atoms with E-state index in [2.05, 4.69) is 82.8 Å². The van der Waals surface area contributed by atoms with Gasteiger partial charge in [0.1, 0.15) is 11.2 Å². The summed E-state index contributed by atoms with van der Waals surface area (Å²) < 4.78 is 6.13. The molecule has 142 valence electrons. The Morgan fingerprint density at radius 2 is 1.67 bits per heavy atom. The summed E-state index contributed by atoms with van der Waals surface area (Å²) in [5.74, 6) is 1.44. The summed E-state index contributed by atoms with van der Waals surface area (Å²) in [5, 5.41) is 2.47. The van der Waals surface area contributed by atoms with Gasteiger partial charge in [-0.3, -0.25) is 0 Å². The van der Waals surface area contributed by atoms with Gasteiger partial charge >= 0.3 is 0 Å². The number of anilines is 1. The fraction of sp³-hybridized carbons (Fsp3) is 0.520. The second kappa shape index (κ2) is 5.31. The smallest absolute Gasteiger partial charge is 0.135 e. The third kappa shape index (κ3) is 2.02. The van der Waals surface area contributed by atoms with Crippen molar-refractivity contribution >= 4 is 27.6 Å². The summed E-state index contributed by atoms with van der Waals surface area (Å²) in [6.45, 7) is 14.7. The highest BCUT2D eigenvalue weighted by Crippen LogP contribution is 2.60. The molecule has 2 heteroatoms. The van der Waals surface area contributed by atoms with E-state index < -0.39 is 0 Å². The van der Waals surface area contributed by atoms with E-state index in [1.807, 2.05) is 0 Å². The fourth-order valence-corrected chi connectivity index (χ4v) is 6.36. The largest absolute Gasteiger partial charge is 0.456 e. The predicted molar refractivity (Wildman–Crippen MR) is 114 cm³/mol. The van der Waals surface area contributed by atoms with Gasteiger partial charge in [-0.25, -0.2) is 0 Å². The summed E-state index contributed by atoms with van der Waals surface area (Å²) in [4.78, 5) is 2.78. The first-order valence-electron chi connectivity index (χ1n) is 10.5. The second-order valence-corrected chi connectivity index (χ2v) is 9.72. The first kappa shape index (κ1) is 17.2. The molecule has 5 unspecified atom stereocenters. The van der Waals surface area contributed by atoms with Crippen molar-refractivity contribution in [2.75, 3.05) is 4.90 Å². The zero-order chi connectivity index (χ0) is 19.1. The number of aryl methyl sites for hydroxylation is 1. The maximum absolute atomic E-state index is 6.13. The van der Waals surface area contributed by atoms with Crippen LogP contribution >= 0.6 is 0 Å². The lowest BCUT2D eigenvalue weighted by Gasteiger charge is -2.68. The Kier molecular flexibility index (Phi) is 3.37. The molecule has 5 atom stereocenters. The van der Waals surface area contributed by atoms with Gasteiger partial charge in [-0.05, 0) is 74.6 Å². The quantitative estimate of drug-likeness (QED) is 0.467. The van der Waals surface area contributed by atoms with Crippen molar-refractivity contribution in [3.8, 4) is 0 Å². The summed E-state index contributed by atoms with van der Waals surface area (Å²) in [6, 6.07) is 13.6. The van der Waals surface area contributed by atoms with Gasteiger partial charge in [-0.1, -0.05) is 39.0 Å². The molecule has 0 amide bonds. The van der Waals surface area contributed by atoms with Crippen molar-refractivity contribution in [3.05, 3.63) is 42.0 Å². The standard InChI is InChI=1S/C25H31NO/c1-15-13-23-20(19-9-7-8-10-22(19)27-23)14-21(15)26-18(4)24(5)11-12-25(26,6)17(3)16(24)2/h7-10,13-14,16-18H,11-12H2,1-6H3. The van der Waals surface area contributed by atoms with Gasteiger partial charge in [0.15, 0.2) is 0 Å². The molecule has 2 bridgehead atoms. The molecule has 1 saturated carbocycles.